The van der Waals surface area contributed by atoms with Gasteiger partial charge in [0.05, 0.1) is 0 Å². The zero-order valence-corrected chi connectivity index (χ0v) is 8.26. The Labute approximate surface area is 75.2 Å². The van der Waals surface area contributed by atoms with Crippen LogP contribution in [0.5, 0.6) is 0 Å². The monoisotopic (exact) mass is 166 g/mol. The van der Waals surface area contributed by atoms with Gasteiger partial charge in [0, 0.05) is 0 Å². The van der Waals surface area contributed by atoms with Crippen LogP contribution in [0.4, 0.5) is 0 Å². The molecule has 0 heterocycles. The van der Waals surface area contributed by atoms with E-state index in [1.807, 2.05) is 6.92 Å². The fourth-order valence-corrected chi connectivity index (χ4v) is 0.890. The Bertz CT molecular complexity index is 187. The smallest absolute Gasteiger partial charge is 0.142 e. The maximum atomic E-state index is 10.1. The minimum atomic E-state index is 0.853. The van der Waals surface area contributed by atoms with Gasteiger partial charge in [-0.25, -0.2) is 0 Å². The average molecular weight is 166 g/mol. The number of carbonyl (C=O) groups excluding carboxylic acids is 1. The van der Waals surface area contributed by atoms with Crippen molar-refractivity contribution in [2.75, 3.05) is 0 Å². The number of hydrogen-bond acceptors (Lipinski definition) is 1. The Balaban J connectivity index is 3.69. The third-order valence-corrected chi connectivity index (χ3v) is 1.94. The standard InChI is InChI=1S/C11H18O/c1-4-10(2)6-5-7-11(3)8-9-12/h6,8-9H,4-5,7H2,1-3H3/b10-6+,11-8+. The lowest BCUT2D eigenvalue weighted by Crippen LogP contribution is -1.78. The molecule has 0 N–H and O–H groups in total. The summed E-state index contributed by atoms with van der Waals surface area (Å²) >= 11 is 0. The molecule has 1 heteroatoms. The van der Waals surface area contributed by atoms with E-state index in [0.29, 0.717) is 0 Å². The second-order valence-electron chi connectivity index (χ2n) is 3.09. The van der Waals surface area contributed by atoms with Gasteiger partial charge >= 0.3 is 0 Å². The summed E-state index contributed by atoms with van der Waals surface area (Å²) in [4.78, 5) is 10.1. The van der Waals surface area contributed by atoms with E-state index in [2.05, 4.69) is 19.9 Å². The topological polar surface area (TPSA) is 17.1 Å². The molecule has 0 unspecified atom stereocenters. The van der Waals surface area contributed by atoms with Crippen molar-refractivity contribution in [2.45, 2.75) is 40.0 Å². The maximum Gasteiger partial charge on any atom is 0.142 e. The van der Waals surface area contributed by atoms with E-state index >= 15 is 0 Å². The number of rotatable bonds is 5. The molecule has 12 heavy (non-hydrogen) atoms. The number of allylic oxidation sites excluding steroid dienone is 4. The summed E-state index contributed by atoms with van der Waals surface area (Å²) in [5.41, 5.74) is 2.58. The Hall–Kier alpha value is -0.850. The first kappa shape index (κ1) is 11.2. The van der Waals surface area contributed by atoms with E-state index in [0.717, 1.165) is 31.1 Å². The lowest BCUT2D eigenvalue weighted by molar-refractivity contribution is -0.104. The summed E-state index contributed by atoms with van der Waals surface area (Å²) in [5, 5.41) is 0. The zero-order valence-electron chi connectivity index (χ0n) is 8.26. The van der Waals surface area contributed by atoms with Crippen LogP contribution in [0.3, 0.4) is 0 Å². The predicted molar refractivity (Wildman–Crippen MR) is 53.1 cm³/mol. The maximum absolute atomic E-state index is 10.1. The van der Waals surface area contributed by atoms with Gasteiger partial charge in [-0.05, 0) is 39.2 Å². The molecule has 0 atom stereocenters. The SMILES string of the molecule is CC/C(C)=C/CC/C(C)=C/C=O. The molecule has 1 nitrogen and oxygen atoms in total. The van der Waals surface area contributed by atoms with Crippen LogP contribution in [0.25, 0.3) is 0 Å². The first-order valence-electron chi connectivity index (χ1n) is 4.47. The van der Waals surface area contributed by atoms with Crippen LogP contribution >= 0.6 is 0 Å². The third-order valence-electron chi connectivity index (χ3n) is 1.94. The fourth-order valence-electron chi connectivity index (χ4n) is 0.890. The third kappa shape index (κ3) is 5.90. The van der Waals surface area contributed by atoms with Crippen molar-refractivity contribution in [3.05, 3.63) is 23.3 Å². The molecule has 0 spiro atoms. The highest BCUT2D eigenvalue weighted by Gasteiger charge is 1.88. The van der Waals surface area contributed by atoms with Crippen molar-refractivity contribution in [3.63, 3.8) is 0 Å². The van der Waals surface area contributed by atoms with Crippen molar-refractivity contribution >= 4 is 6.29 Å². The van der Waals surface area contributed by atoms with Gasteiger partial charge in [-0.3, -0.25) is 4.79 Å². The molecule has 0 saturated carbocycles. The molecule has 68 valence electrons. The van der Waals surface area contributed by atoms with E-state index in [1.165, 1.54) is 5.57 Å². The summed E-state index contributed by atoms with van der Waals surface area (Å²) in [5.74, 6) is 0. The van der Waals surface area contributed by atoms with E-state index in [-0.39, 0.29) is 0 Å². The summed E-state index contributed by atoms with van der Waals surface area (Å²) in [7, 11) is 0. The van der Waals surface area contributed by atoms with Crippen LogP contribution in [0.1, 0.15) is 40.0 Å². The summed E-state index contributed by atoms with van der Waals surface area (Å²) in [6.45, 7) is 6.28. The molecular formula is C11H18O. The normalized spacial score (nSPS) is 13.2. The molecule has 0 aromatic carbocycles. The molecule has 0 aromatic rings. The molecule has 0 aliphatic carbocycles. The predicted octanol–water partition coefficient (Wildman–Crippen LogP) is 3.27. The van der Waals surface area contributed by atoms with Gasteiger partial charge in [0.15, 0.2) is 0 Å². The summed E-state index contributed by atoms with van der Waals surface area (Å²) < 4.78 is 0. The van der Waals surface area contributed by atoms with Crippen molar-refractivity contribution in [1.29, 1.82) is 0 Å². The van der Waals surface area contributed by atoms with E-state index in [4.69, 9.17) is 0 Å². The fraction of sp³-hybridized carbons (Fsp3) is 0.545. The molecule has 0 saturated heterocycles. The highest BCUT2D eigenvalue weighted by atomic mass is 16.1. The quantitative estimate of drug-likeness (QED) is 0.348. The first-order valence-corrected chi connectivity index (χ1v) is 4.47. The Morgan fingerprint density at radius 1 is 1.25 bits per heavy atom. The Morgan fingerprint density at radius 3 is 2.42 bits per heavy atom. The highest BCUT2D eigenvalue weighted by molar-refractivity contribution is 5.65. The minimum Gasteiger partial charge on any atom is -0.299 e. The molecule has 0 rings (SSSR count). The molecule has 0 radical (unpaired) electrons. The molecule has 0 aromatic heterocycles. The molecule has 0 amide bonds. The molecular weight excluding hydrogens is 148 g/mol. The highest BCUT2D eigenvalue weighted by Crippen LogP contribution is 2.07. The van der Waals surface area contributed by atoms with E-state index in [1.54, 1.807) is 6.08 Å². The second-order valence-corrected chi connectivity index (χ2v) is 3.09. The van der Waals surface area contributed by atoms with Crippen LogP contribution < -0.4 is 0 Å². The largest absolute Gasteiger partial charge is 0.299 e. The van der Waals surface area contributed by atoms with Gasteiger partial charge in [0.1, 0.15) is 6.29 Å². The van der Waals surface area contributed by atoms with Gasteiger partial charge in [0.2, 0.25) is 0 Å². The summed E-state index contributed by atoms with van der Waals surface area (Å²) in [6.07, 6.45) is 7.89. The van der Waals surface area contributed by atoms with Crippen LogP contribution in [0.15, 0.2) is 23.3 Å². The van der Waals surface area contributed by atoms with Gasteiger partial charge in [-0.2, -0.15) is 0 Å². The summed E-state index contributed by atoms with van der Waals surface area (Å²) in [6, 6.07) is 0. The van der Waals surface area contributed by atoms with Crippen LogP contribution in [0.2, 0.25) is 0 Å². The molecule has 0 bridgehead atoms. The van der Waals surface area contributed by atoms with Crippen LogP contribution in [0, 0.1) is 0 Å². The first-order chi connectivity index (χ1) is 5.70. The Kier molecular flexibility index (Phi) is 6.35. The number of aldehydes is 1. The van der Waals surface area contributed by atoms with Crippen molar-refractivity contribution in [1.82, 2.24) is 0 Å². The molecule has 0 aliphatic rings. The van der Waals surface area contributed by atoms with Crippen molar-refractivity contribution < 1.29 is 4.79 Å². The zero-order chi connectivity index (χ0) is 9.40. The van der Waals surface area contributed by atoms with E-state index in [9.17, 15) is 4.79 Å². The Morgan fingerprint density at radius 2 is 1.92 bits per heavy atom. The number of hydrogen-bond donors (Lipinski definition) is 0. The van der Waals surface area contributed by atoms with Gasteiger partial charge < -0.3 is 0 Å². The second kappa shape index (κ2) is 6.84. The minimum absolute atomic E-state index is 0.853. The van der Waals surface area contributed by atoms with Crippen molar-refractivity contribution in [2.24, 2.45) is 0 Å². The lowest BCUT2D eigenvalue weighted by Gasteiger charge is -1.97. The van der Waals surface area contributed by atoms with Crippen LogP contribution in [-0.4, -0.2) is 6.29 Å². The average Bonchev–Trinajstić information content (AvgIpc) is 2.04. The molecule has 0 aliphatic heterocycles. The molecule has 0 fully saturated rings. The van der Waals surface area contributed by atoms with Gasteiger partial charge in [0.25, 0.3) is 0 Å². The van der Waals surface area contributed by atoms with E-state index < -0.39 is 0 Å². The van der Waals surface area contributed by atoms with Crippen molar-refractivity contribution in [3.8, 4) is 0 Å². The van der Waals surface area contributed by atoms with Gasteiger partial charge in [-0.15, -0.1) is 0 Å². The number of carbonyl (C=O) groups is 1. The van der Waals surface area contributed by atoms with Gasteiger partial charge in [-0.1, -0.05) is 24.1 Å². The van der Waals surface area contributed by atoms with Crippen LogP contribution in [-0.2, 0) is 4.79 Å². The lowest BCUT2D eigenvalue weighted by atomic mass is 10.1.